The van der Waals surface area contributed by atoms with Crippen LogP contribution in [-0.4, -0.2) is 42.2 Å². The Kier molecular flexibility index (Phi) is 6.36. The molecule has 1 aromatic heterocycles. The van der Waals surface area contributed by atoms with Crippen LogP contribution in [0.1, 0.15) is 21.5 Å². The molecule has 1 aliphatic rings. The summed E-state index contributed by atoms with van der Waals surface area (Å²) < 4.78 is 46.3. The molecule has 32 heavy (non-hydrogen) atoms. The van der Waals surface area contributed by atoms with Gasteiger partial charge in [0.25, 0.3) is 5.91 Å². The average molecular weight is 442 g/mol. The molecule has 0 saturated carbocycles. The number of hydrogen-bond donors (Lipinski definition) is 1. The third kappa shape index (κ3) is 5.05. The van der Waals surface area contributed by atoms with Crippen LogP contribution in [0, 0.1) is 0 Å². The van der Waals surface area contributed by atoms with Crippen molar-refractivity contribution < 1.29 is 22.7 Å². The van der Waals surface area contributed by atoms with Crippen LogP contribution in [0.15, 0.2) is 60.9 Å². The van der Waals surface area contributed by atoms with Crippen LogP contribution in [0.5, 0.6) is 0 Å². The fourth-order valence-corrected chi connectivity index (χ4v) is 3.46. The highest BCUT2D eigenvalue weighted by Crippen LogP contribution is 2.35. The third-order valence-corrected chi connectivity index (χ3v) is 5.16. The van der Waals surface area contributed by atoms with E-state index in [0.717, 1.165) is 11.6 Å². The second kappa shape index (κ2) is 9.35. The molecule has 6 nitrogen and oxygen atoms in total. The Morgan fingerprint density at radius 3 is 2.38 bits per heavy atom. The molecular formula is C23H21F3N4O2. The summed E-state index contributed by atoms with van der Waals surface area (Å²) >= 11 is 0. The molecule has 1 amide bonds. The molecule has 4 rings (SSSR count). The number of halogens is 3. The molecule has 0 atom stereocenters. The monoisotopic (exact) mass is 442 g/mol. The van der Waals surface area contributed by atoms with Gasteiger partial charge in [0.1, 0.15) is 0 Å². The SMILES string of the molecule is O=C(NCc1ccc(N2CCOCC2)cc1C(F)(F)F)c1cnc(-c2ccccc2)nc1. The summed E-state index contributed by atoms with van der Waals surface area (Å²) in [6.07, 6.45) is -1.82. The number of anilines is 1. The van der Waals surface area contributed by atoms with E-state index in [9.17, 15) is 18.0 Å². The lowest BCUT2D eigenvalue weighted by Crippen LogP contribution is -2.36. The summed E-state index contributed by atoms with van der Waals surface area (Å²) in [6, 6.07) is 13.4. The molecule has 0 radical (unpaired) electrons. The first-order valence-corrected chi connectivity index (χ1v) is 10.1. The van der Waals surface area contributed by atoms with E-state index in [2.05, 4.69) is 15.3 Å². The van der Waals surface area contributed by atoms with Gasteiger partial charge in [-0.2, -0.15) is 13.2 Å². The quantitative estimate of drug-likeness (QED) is 0.649. The molecule has 3 aromatic rings. The van der Waals surface area contributed by atoms with Crippen molar-refractivity contribution in [3.05, 3.63) is 77.6 Å². The van der Waals surface area contributed by atoms with Crippen molar-refractivity contribution in [1.29, 1.82) is 0 Å². The Morgan fingerprint density at radius 1 is 1.03 bits per heavy atom. The predicted octanol–water partition coefficient (Wildman–Crippen LogP) is 3.93. The number of amides is 1. The van der Waals surface area contributed by atoms with Crippen molar-refractivity contribution in [1.82, 2.24) is 15.3 Å². The number of morpholine rings is 1. The van der Waals surface area contributed by atoms with Crippen molar-refractivity contribution >= 4 is 11.6 Å². The van der Waals surface area contributed by atoms with Crippen LogP contribution in [0.4, 0.5) is 18.9 Å². The van der Waals surface area contributed by atoms with E-state index in [1.165, 1.54) is 18.5 Å². The number of nitrogens with zero attached hydrogens (tertiary/aromatic N) is 3. The summed E-state index contributed by atoms with van der Waals surface area (Å²) in [5.41, 5.74) is 0.681. The molecule has 1 aliphatic heterocycles. The Morgan fingerprint density at radius 2 is 1.72 bits per heavy atom. The molecule has 0 unspecified atom stereocenters. The van der Waals surface area contributed by atoms with E-state index in [4.69, 9.17) is 4.74 Å². The first kappa shape index (κ1) is 21.8. The fourth-order valence-electron chi connectivity index (χ4n) is 3.46. The summed E-state index contributed by atoms with van der Waals surface area (Å²) in [5.74, 6) is -0.0878. The molecule has 166 valence electrons. The Balaban J connectivity index is 1.47. The maximum atomic E-state index is 13.7. The number of alkyl halides is 3. The number of aromatic nitrogens is 2. The summed E-state index contributed by atoms with van der Waals surface area (Å²) in [4.78, 5) is 22.7. The Bertz CT molecular complexity index is 1070. The zero-order valence-corrected chi connectivity index (χ0v) is 17.1. The number of rotatable bonds is 5. The molecule has 1 saturated heterocycles. The number of carbonyl (C=O) groups excluding carboxylic acids is 1. The van der Waals surface area contributed by atoms with Crippen LogP contribution >= 0.6 is 0 Å². The highest BCUT2D eigenvalue weighted by atomic mass is 19.4. The van der Waals surface area contributed by atoms with E-state index >= 15 is 0 Å². The van der Waals surface area contributed by atoms with Crippen LogP contribution in [0.3, 0.4) is 0 Å². The third-order valence-electron chi connectivity index (χ3n) is 5.16. The largest absolute Gasteiger partial charge is 0.416 e. The van der Waals surface area contributed by atoms with Gasteiger partial charge in [0, 0.05) is 43.3 Å². The molecule has 1 N–H and O–H groups in total. The number of ether oxygens (including phenoxy) is 1. The van der Waals surface area contributed by atoms with Gasteiger partial charge >= 0.3 is 6.18 Å². The first-order chi connectivity index (χ1) is 15.4. The molecule has 0 spiro atoms. The molecular weight excluding hydrogens is 421 g/mol. The molecule has 2 heterocycles. The van der Waals surface area contributed by atoms with Gasteiger partial charge in [-0.25, -0.2) is 9.97 Å². The van der Waals surface area contributed by atoms with Gasteiger partial charge in [0.2, 0.25) is 0 Å². The smallest absolute Gasteiger partial charge is 0.378 e. The molecule has 9 heteroatoms. The van der Waals surface area contributed by atoms with Crippen LogP contribution in [0.2, 0.25) is 0 Å². The van der Waals surface area contributed by atoms with Crippen molar-refractivity contribution in [3.63, 3.8) is 0 Å². The molecule has 2 aromatic carbocycles. The normalized spacial score (nSPS) is 14.3. The van der Waals surface area contributed by atoms with Crippen molar-refractivity contribution in [2.24, 2.45) is 0 Å². The second-order valence-corrected chi connectivity index (χ2v) is 7.28. The Labute approximate surface area is 183 Å². The molecule has 0 bridgehead atoms. The summed E-state index contributed by atoms with van der Waals surface area (Å²) in [7, 11) is 0. The van der Waals surface area contributed by atoms with Gasteiger partial charge in [0.05, 0.1) is 24.3 Å². The van der Waals surface area contributed by atoms with E-state index in [1.54, 1.807) is 6.07 Å². The fraction of sp³-hybridized carbons (Fsp3) is 0.261. The van der Waals surface area contributed by atoms with Crippen LogP contribution < -0.4 is 10.2 Å². The zero-order chi connectivity index (χ0) is 22.6. The minimum absolute atomic E-state index is 0.00955. The second-order valence-electron chi connectivity index (χ2n) is 7.28. The summed E-state index contributed by atoms with van der Waals surface area (Å²) in [5, 5.41) is 2.53. The lowest BCUT2D eigenvalue weighted by atomic mass is 10.0. The number of nitrogens with one attached hydrogen (secondary N) is 1. The average Bonchev–Trinajstić information content (AvgIpc) is 2.83. The summed E-state index contributed by atoms with van der Waals surface area (Å²) in [6.45, 7) is 1.75. The number of benzene rings is 2. The highest BCUT2D eigenvalue weighted by molar-refractivity contribution is 5.93. The van der Waals surface area contributed by atoms with Gasteiger partial charge in [-0.1, -0.05) is 36.4 Å². The lowest BCUT2D eigenvalue weighted by molar-refractivity contribution is -0.138. The standard InChI is InChI=1S/C23H21F3N4O2/c24-23(25,26)20-12-19(30-8-10-32-11-9-30)7-6-17(20)13-29-22(31)18-14-27-21(28-15-18)16-4-2-1-3-5-16/h1-7,12,14-15H,8-11,13H2,(H,29,31). The van der Waals surface area contributed by atoms with Crippen molar-refractivity contribution in [2.45, 2.75) is 12.7 Å². The highest BCUT2D eigenvalue weighted by Gasteiger charge is 2.34. The first-order valence-electron chi connectivity index (χ1n) is 10.1. The maximum absolute atomic E-state index is 13.7. The van der Waals surface area contributed by atoms with Crippen LogP contribution in [0.25, 0.3) is 11.4 Å². The number of hydrogen-bond acceptors (Lipinski definition) is 5. The van der Waals surface area contributed by atoms with Gasteiger partial charge in [-0.15, -0.1) is 0 Å². The van der Waals surface area contributed by atoms with Gasteiger partial charge < -0.3 is 15.0 Å². The van der Waals surface area contributed by atoms with Gasteiger partial charge in [-0.3, -0.25) is 4.79 Å². The maximum Gasteiger partial charge on any atom is 0.416 e. The van der Waals surface area contributed by atoms with E-state index in [0.29, 0.717) is 37.8 Å². The lowest BCUT2D eigenvalue weighted by Gasteiger charge is -2.29. The minimum Gasteiger partial charge on any atom is -0.378 e. The minimum atomic E-state index is -4.54. The van der Waals surface area contributed by atoms with E-state index in [-0.39, 0.29) is 17.7 Å². The van der Waals surface area contributed by atoms with E-state index in [1.807, 2.05) is 35.2 Å². The zero-order valence-electron chi connectivity index (χ0n) is 17.1. The van der Waals surface area contributed by atoms with Crippen molar-refractivity contribution in [2.75, 3.05) is 31.2 Å². The van der Waals surface area contributed by atoms with Gasteiger partial charge in [-0.05, 0) is 17.7 Å². The van der Waals surface area contributed by atoms with E-state index < -0.39 is 17.6 Å². The number of carbonyl (C=O) groups is 1. The topological polar surface area (TPSA) is 67.4 Å². The van der Waals surface area contributed by atoms with Gasteiger partial charge in [0.15, 0.2) is 5.82 Å². The molecule has 0 aliphatic carbocycles. The van der Waals surface area contributed by atoms with Crippen molar-refractivity contribution in [3.8, 4) is 11.4 Å². The molecule has 1 fully saturated rings. The Hall–Kier alpha value is -3.46. The van der Waals surface area contributed by atoms with Crippen LogP contribution in [-0.2, 0) is 17.5 Å². The predicted molar refractivity (Wildman–Crippen MR) is 113 cm³/mol.